The van der Waals surface area contributed by atoms with Crippen molar-refractivity contribution in [1.82, 2.24) is 0 Å². The fraction of sp³-hybridized carbons (Fsp3) is 0.600. The van der Waals surface area contributed by atoms with Gasteiger partial charge in [-0.15, -0.1) is 0 Å². The summed E-state index contributed by atoms with van der Waals surface area (Å²) in [4.78, 5) is 0. The Morgan fingerprint density at radius 2 is 1.90 bits per heavy atom. The Bertz CT molecular complexity index is 400. The minimum atomic E-state index is 0.734. The van der Waals surface area contributed by atoms with Gasteiger partial charge in [0, 0.05) is 0 Å². The zero-order valence-corrected chi connectivity index (χ0v) is 14.0. The molecule has 1 atom stereocenters. The van der Waals surface area contributed by atoms with Gasteiger partial charge in [-0.05, 0) is 78.6 Å². The molecule has 1 aliphatic rings. The molecule has 0 N–H and O–H groups in total. The van der Waals surface area contributed by atoms with E-state index in [1.165, 1.54) is 55.2 Å². The molecule has 0 heterocycles. The highest BCUT2D eigenvalue weighted by molar-refractivity contribution is 5.12. The molecule has 0 bridgehead atoms. The molecule has 20 heavy (non-hydrogen) atoms. The summed E-state index contributed by atoms with van der Waals surface area (Å²) < 4.78 is 0. The van der Waals surface area contributed by atoms with Crippen LogP contribution in [0.3, 0.4) is 0 Å². The van der Waals surface area contributed by atoms with Crippen LogP contribution in [0.2, 0.25) is 0 Å². The molecule has 0 aromatic carbocycles. The molecule has 0 unspecified atom stereocenters. The molecule has 0 radical (unpaired) electrons. The lowest BCUT2D eigenvalue weighted by Gasteiger charge is -2.22. The second-order valence-corrected chi connectivity index (χ2v) is 6.59. The highest BCUT2D eigenvalue weighted by atomic mass is 14.2. The van der Waals surface area contributed by atoms with E-state index in [1.54, 1.807) is 5.57 Å². The Labute approximate surface area is 126 Å². The summed E-state index contributed by atoms with van der Waals surface area (Å²) in [5, 5.41) is 0. The first-order chi connectivity index (χ1) is 9.49. The number of hydrogen-bond donors (Lipinski definition) is 0. The van der Waals surface area contributed by atoms with Crippen LogP contribution < -0.4 is 0 Å². The predicted molar refractivity (Wildman–Crippen MR) is 91.9 cm³/mol. The molecule has 0 amide bonds. The fourth-order valence-corrected chi connectivity index (χ4v) is 2.73. The minimum absolute atomic E-state index is 0.734. The molecule has 0 heteroatoms. The van der Waals surface area contributed by atoms with Gasteiger partial charge in [-0.25, -0.2) is 0 Å². The van der Waals surface area contributed by atoms with E-state index in [0.29, 0.717) is 0 Å². The summed E-state index contributed by atoms with van der Waals surface area (Å²) in [6.07, 6.45) is 15.6. The van der Waals surface area contributed by atoms with Gasteiger partial charge in [0.1, 0.15) is 0 Å². The second-order valence-electron chi connectivity index (χ2n) is 6.59. The molecule has 112 valence electrons. The van der Waals surface area contributed by atoms with Gasteiger partial charge < -0.3 is 0 Å². The highest BCUT2D eigenvalue weighted by Gasteiger charge is 2.14. The van der Waals surface area contributed by atoms with Crippen molar-refractivity contribution in [3.8, 4) is 0 Å². The predicted octanol–water partition coefficient (Wildman–Crippen LogP) is 6.76. The molecule has 1 aliphatic carbocycles. The van der Waals surface area contributed by atoms with Gasteiger partial charge in [0.05, 0.1) is 0 Å². The quantitative estimate of drug-likeness (QED) is 0.449. The summed E-state index contributed by atoms with van der Waals surface area (Å²) in [5.41, 5.74) is 5.97. The third kappa shape index (κ3) is 6.93. The van der Waals surface area contributed by atoms with Crippen molar-refractivity contribution in [1.29, 1.82) is 0 Å². The summed E-state index contributed by atoms with van der Waals surface area (Å²) in [5.74, 6) is 0.734. The van der Waals surface area contributed by atoms with Crippen LogP contribution in [-0.2, 0) is 0 Å². The van der Waals surface area contributed by atoms with Crippen LogP contribution in [-0.4, -0.2) is 0 Å². The summed E-state index contributed by atoms with van der Waals surface area (Å²) >= 11 is 0. The molecular weight excluding hydrogens is 240 g/mol. The van der Waals surface area contributed by atoms with Crippen LogP contribution >= 0.6 is 0 Å². The van der Waals surface area contributed by atoms with Gasteiger partial charge in [0.15, 0.2) is 0 Å². The molecule has 0 saturated heterocycles. The van der Waals surface area contributed by atoms with Crippen LogP contribution in [0.1, 0.15) is 72.6 Å². The van der Waals surface area contributed by atoms with Crippen molar-refractivity contribution in [3.63, 3.8) is 0 Å². The van der Waals surface area contributed by atoms with Crippen molar-refractivity contribution in [3.05, 3.63) is 47.1 Å². The van der Waals surface area contributed by atoms with Gasteiger partial charge in [-0.3, -0.25) is 0 Å². The zero-order valence-electron chi connectivity index (χ0n) is 14.0. The van der Waals surface area contributed by atoms with Crippen LogP contribution in [0.25, 0.3) is 0 Å². The number of allylic oxidation sites excluding steroid dienone is 7. The van der Waals surface area contributed by atoms with Crippen LogP contribution in [0.5, 0.6) is 0 Å². The molecular formula is C20H32. The van der Waals surface area contributed by atoms with Gasteiger partial charge >= 0.3 is 0 Å². The Hall–Kier alpha value is -1.04. The Morgan fingerprint density at radius 3 is 2.50 bits per heavy atom. The van der Waals surface area contributed by atoms with E-state index < -0.39 is 0 Å². The number of rotatable bonds is 7. The minimum Gasteiger partial charge on any atom is -0.0996 e. The standard InChI is InChI=1S/C20H32/c1-16(2)8-6-9-17(3)10-7-11-19(5)20-14-12-18(4)13-15-20/h8,10,12,20H,5-7,9,11,13-15H2,1-4H3/b17-10+/t20-/m0/s1. The van der Waals surface area contributed by atoms with Crippen LogP contribution in [0, 0.1) is 5.92 Å². The maximum atomic E-state index is 4.32. The lowest BCUT2D eigenvalue weighted by molar-refractivity contribution is 0.523. The first kappa shape index (κ1) is 17.0. The fourth-order valence-electron chi connectivity index (χ4n) is 2.73. The average Bonchev–Trinajstić information content (AvgIpc) is 2.39. The van der Waals surface area contributed by atoms with E-state index in [0.717, 1.165) is 12.3 Å². The van der Waals surface area contributed by atoms with E-state index in [4.69, 9.17) is 0 Å². The third-order valence-corrected chi connectivity index (χ3v) is 4.26. The average molecular weight is 272 g/mol. The van der Waals surface area contributed by atoms with E-state index >= 15 is 0 Å². The molecule has 0 aromatic rings. The largest absolute Gasteiger partial charge is 0.0996 e. The highest BCUT2D eigenvalue weighted by Crippen LogP contribution is 2.30. The van der Waals surface area contributed by atoms with Crippen molar-refractivity contribution < 1.29 is 0 Å². The summed E-state index contributed by atoms with van der Waals surface area (Å²) in [6.45, 7) is 13.2. The molecule has 1 rings (SSSR count). The van der Waals surface area contributed by atoms with Crippen LogP contribution in [0.4, 0.5) is 0 Å². The van der Waals surface area contributed by atoms with Crippen LogP contribution in [0.15, 0.2) is 47.1 Å². The van der Waals surface area contributed by atoms with Crippen molar-refractivity contribution in [2.45, 2.75) is 72.6 Å². The normalized spacial score (nSPS) is 19.5. The summed E-state index contributed by atoms with van der Waals surface area (Å²) in [6, 6.07) is 0. The SMILES string of the molecule is C=C(CC/C=C(\C)CCC=C(C)C)[C@H]1CC=C(C)CC1. The maximum absolute atomic E-state index is 4.32. The summed E-state index contributed by atoms with van der Waals surface area (Å²) in [7, 11) is 0. The first-order valence-corrected chi connectivity index (χ1v) is 8.11. The topological polar surface area (TPSA) is 0 Å². The van der Waals surface area contributed by atoms with Gasteiger partial charge in [-0.2, -0.15) is 0 Å². The van der Waals surface area contributed by atoms with Gasteiger partial charge in [-0.1, -0.05) is 47.1 Å². The van der Waals surface area contributed by atoms with E-state index in [-0.39, 0.29) is 0 Å². The van der Waals surface area contributed by atoms with Crippen molar-refractivity contribution in [2.24, 2.45) is 5.92 Å². The van der Waals surface area contributed by atoms with Gasteiger partial charge in [0.2, 0.25) is 0 Å². The lowest BCUT2D eigenvalue weighted by Crippen LogP contribution is -2.07. The van der Waals surface area contributed by atoms with Crippen molar-refractivity contribution >= 4 is 0 Å². The van der Waals surface area contributed by atoms with E-state index in [9.17, 15) is 0 Å². The smallest absolute Gasteiger partial charge is 0.0168 e. The zero-order chi connectivity index (χ0) is 15.0. The number of hydrogen-bond acceptors (Lipinski definition) is 0. The second kappa shape index (κ2) is 9.00. The Morgan fingerprint density at radius 1 is 1.20 bits per heavy atom. The lowest BCUT2D eigenvalue weighted by atomic mass is 9.83. The molecule has 0 spiro atoms. The molecule has 0 nitrogen and oxygen atoms in total. The first-order valence-electron chi connectivity index (χ1n) is 8.11. The van der Waals surface area contributed by atoms with E-state index in [1.807, 2.05) is 0 Å². The molecule has 0 fully saturated rings. The third-order valence-electron chi connectivity index (χ3n) is 4.26. The molecule has 0 aromatic heterocycles. The Kier molecular flexibility index (Phi) is 7.65. The van der Waals surface area contributed by atoms with E-state index in [2.05, 4.69) is 52.5 Å². The monoisotopic (exact) mass is 272 g/mol. The molecule has 0 saturated carbocycles. The molecule has 0 aliphatic heterocycles. The van der Waals surface area contributed by atoms with Gasteiger partial charge in [0.25, 0.3) is 0 Å². The van der Waals surface area contributed by atoms with Crippen molar-refractivity contribution in [2.75, 3.05) is 0 Å². The maximum Gasteiger partial charge on any atom is -0.0168 e. The Balaban J connectivity index is 2.25.